The summed E-state index contributed by atoms with van der Waals surface area (Å²) in [4.78, 5) is 25.8. The van der Waals surface area contributed by atoms with Gasteiger partial charge in [-0.2, -0.15) is 5.10 Å². The predicted molar refractivity (Wildman–Crippen MR) is 121 cm³/mol. The molecule has 0 unspecified atom stereocenters. The van der Waals surface area contributed by atoms with Crippen LogP contribution in [0.1, 0.15) is 31.9 Å². The molecule has 0 aliphatic heterocycles. The molecular formula is C21H21ClN6O2S. The highest BCUT2D eigenvalue weighted by atomic mass is 35.5. The Morgan fingerprint density at radius 2 is 2.16 bits per heavy atom. The van der Waals surface area contributed by atoms with Crippen LogP contribution < -0.4 is 10.1 Å². The number of carbonyl (C=O) groups is 1. The van der Waals surface area contributed by atoms with Crippen molar-refractivity contribution in [3.63, 3.8) is 0 Å². The lowest BCUT2D eigenvalue weighted by Gasteiger charge is -2.17. The number of hydrogen-bond acceptors (Lipinski definition) is 7. The summed E-state index contributed by atoms with van der Waals surface area (Å²) < 4.78 is 7.71. The molecule has 0 saturated heterocycles. The summed E-state index contributed by atoms with van der Waals surface area (Å²) in [5, 5.41) is 10.8. The number of nitrogens with zero attached hydrogens (tertiary/aromatic N) is 5. The first kappa shape index (κ1) is 21.2. The molecule has 4 aromatic rings. The van der Waals surface area contributed by atoms with Crippen LogP contribution in [0.25, 0.3) is 16.7 Å². The summed E-state index contributed by atoms with van der Waals surface area (Å²) in [5.41, 5.74) is 2.10. The average Bonchev–Trinajstić information content (AvgIpc) is 3.38. The van der Waals surface area contributed by atoms with Crippen molar-refractivity contribution in [2.75, 3.05) is 5.32 Å². The molecule has 0 radical (unpaired) electrons. The van der Waals surface area contributed by atoms with Crippen LogP contribution in [0.15, 0.2) is 42.2 Å². The van der Waals surface area contributed by atoms with Crippen LogP contribution in [0.2, 0.25) is 5.02 Å². The number of aromatic nitrogens is 5. The number of anilines is 1. The summed E-state index contributed by atoms with van der Waals surface area (Å²) in [6.45, 7) is 3.95. The number of rotatable bonds is 8. The van der Waals surface area contributed by atoms with E-state index in [1.54, 1.807) is 16.9 Å². The normalized spacial score (nSPS) is 12.1. The van der Waals surface area contributed by atoms with E-state index in [-0.39, 0.29) is 5.91 Å². The molecule has 160 valence electrons. The Balaban J connectivity index is 1.63. The minimum absolute atomic E-state index is 0.256. The van der Waals surface area contributed by atoms with Crippen molar-refractivity contribution >= 4 is 45.0 Å². The quantitative estimate of drug-likeness (QED) is 0.408. The molecule has 8 nitrogen and oxygen atoms in total. The molecule has 0 fully saturated rings. The topological polar surface area (TPSA) is 94.8 Å². The summed E-state index contributed by atoms with van der Waals surface area (Å²) in [5.74, 6) is 0.0444. The second-order valence-electron chi connectivity index (χ2n) is 6.96. The number of para-hydroxylation sites is 1. The minimum Gasteiger partial charge on any atom is -0.464 e. The lowest BCUT2D eigenvalue weighted by Crippen LogP contribution is -2.33. The van der Waals surface area contributed by atoms with Gasteiger partial charge in [-0.3, -0.25) is 10.1 Å². The van der Waals surface area contributed by atoms with Crippen LogP contribution in [0, 0.1) is 6.92 Å². The highest BCUT2D eigenvalue weighted by Crippen LogP contribution is 2.28. The largest absolute Gasteiger partial charge is 0.464 e. The fraction of sp³-hybridized carbons (Fsp3) is 0.286. The van der Waals surface area contributed by atoms with Crippen molar-refractivity contribution in [1.82, 2.24) is 24.7 Å². The van der Waals surface area contributed by atoms with Gasteiger partial charge in [0, 0.05) is 5.38 Å². The number of benzene rings is 1. The second-order valence-corrected chi connectivity index (χ2v) is 8.22. The predicted octanol–water partition coefficient (Wildman–Crippen LogP) is 4.81. The number of fused-ring (bicyclic) bond motifs is 1. The van der Waals surface area contributed by atoms with Gasteiger partial charge in [-0.05, 0) is 31.9 Å². The Morgan fingerprint density at radius 1 is 1.32 bits per heavy atom. The summed E-state index contributed by atoms with van der Waals surface area (Å²) in [6, 6.07) is 7.36. The monoisotopic (exact) mass is 456 g/mol. The zero-order valence-electron chi connectivity index (χ0n) is 17.1. The first-order chi connectivity index (χ1) is 15.1. The fourth-order valence-corrected chi connectivity index (χ4v) is 3.99. The Bertz CT molecular complexity index is 1210. The van der Waals surface area contributed by atoms with Crippen molar-refractivity contribution in [1.29, 1.82) is 0 Å². The van der Waals surface area contributed by atoms with Gasteiger partial charge in [0.1, 0.15) is 11.7 Å². The van der Waals surface area contributed by atoms with Gasteiger partial charge in [-0.25, -0.2) is 19.6 Å². The zero-order chi connectivity index (χ0) is 21.8. The van der Waals surface area contributed by atoms with Gasteiger partial charge in [0.15, 0.2) is 16.9 Å². The maximum absolute atomic E-state index is 12.9. The number of amides is 1. The molecule has 0 aliphatic carbocycles. The van der Waals surface area contributed by atoms with Crippen molar-refractivity contribution in [2.24, 2.45) is 0 Å². The summed E-state index contributed by atoms with van der Waals surface area (Å²) in [6.07, 6.45) is 4.62. The molecule has 0 bridgehead atoms. The number of unbranched alkanes of at least 4 members (excludes halogenated alkanes) is 1. The number of hydrogen-bond donors (Lipinski definition) is 1. The Labute approximate surface area is 188 Å². The molecule has 0 spiro atoms. The molecule has 0 saturated carbocycles. The fourth-order valence-electron chi connectivity index (χ4n) is 3.08. The Kier molecular flexibility index (Phi) is 6.43. The minimum atomic E-state index is -0.717. The van der Waals surface area contributed by atoms with E-state index in [2.05, 4.69) is 32.3 Å². The SMILES string of the molecule is CCCC[C@@H](Oc1ncnc2c1cnn2-c1ccccc1Cl)C(=O)Nc1nc(C)cs1. The second kappa shape index (κ2) is 9.40. The van der Waals surface area contributed by atoms with Crippen LogP contribution in [0.3, 0.4) is 0 Å². The molecule has 1 aromatic carbocycles. The Morgan fingerprint density at radius 3 is 2.90 bits per heavy atom. The number of aryl methyl sites for hydroxylation is 1. The third-order valence-corrected chi connectivity index (χ3v) is 5.82. The summed E-state index contributed by atoms with van der Waals surface area (Å²) in [7, 11) is 0. The number of nitrogens with one attached hydrogen (secondary N) is 1. The third-order valence-electron chi connectivity index (χ3n) is 4.63. The smallest absolute Gasteiger partial charge is 0.267 e. The maximum atomic E-state index is 12.9. The van der Waals surface area contributed by atoms with Crippen molar-refractivity contribution < 1.29 is 9.53 Å². The van der Waals surface area contributed by atoms with Gasteiger partial charge in [-0.1, -0.05) is 37.1 Å². The first-order valence-electron chi connectivity index (χ1n) is 9.90. The van der Waals surface area contributed by atoms with E-state index in [1.807, 2.05) is 30.5 Å². The number of thiazole rings is 1. The van der Waals surface area contributed by atoms with E-state index in [0.29, 0.717) is 39.2 Å². The van der Waals surface area contributed by atoms with Crippen LogP contribution in [-0.4, -0.2) is 36.7 Å². The molecule has 1 N–H and O–H groups in total. The summed E-state index contributed by atoms with van der Waals surface area (Å²) >= 11 is 7.70. The molecule has 31 heavy (non-hydrogen) atoms. The number of ether oxygens (including phenoxy) is 1. The van der Waals surface area contributed by atoms with Gasteiger partial charge in [0.25, 0.3) is 5.91 Å². The van der Waals surface area contributed by atoms with E-state index in [9.17, 15) is 4.79 Å². The van der Waals surface area contributed by atoms with Crippen LogP contribution in [-0.2, 0) is 4.79 Å². The van der Waals surface area contributed by atoms with Crippen molar-refractivity contribution in [3.8, 4) is 11.6 Å². The van der Waals surface area contributed by atoms with Gasteiger partial charge < -0.3 is 4.74 Å². The van der Waals surface area contributed by atoms with Crippen LogP contribution in [0.5, 0.6) is 5.88 Å². The highest BCUT2D eigenvalue weighted by molar-refractivity contribution is 7.13. The van der Waals surface area contributed by atoms with Crippen molar-refractivity contribution in [3.05, 3.63) is 52.9 Å². The lowest BCUT2D eigenvalue weighted by molar-refractivity contribution is -0.123. The first-order valence-corrected chi connectivity index (χ1v) is 11.2. The molecule has 3 heterocycles. The van der Waals surface area contributed by atoms with Gasteiger partial charge in [0.2, 0.25) is 5.88 Å². The van der Waals surface area contributed by atoms with Gasteiger partial charge in [-0.15, -0.1) is 11.3 Å². The maximum Gasteiger partial charge on any atom is 0.267 e. The molecule has 4 rings (SSSR count). The molecular weight excluding hydrogens is 436 g/mol. The highest BCUT2D eigenvalue weighted by Gasteiger charge is 2.24. The van der Waals surface area contributed by atoms with Gasteiger partial charge in [0.05, 0.1) is 22.6 Å². The van der Waals surface area contributed by atoms with Crippen molar-refractivity contribution in [2.45, 2.75) is 39.2 Å². The molecule has 3 aromatic heterocycles. The lowest BCUT2D eigenvalue weighted by atomic mass is 10.1. The van der Waals surface area contributed by atoms with Crippen LogP contribution >= 0.6 is 22.9 Å². The Hall–Kier alpha value is -3.04. The van der Waals surface area contributed by atoms with E-state index in [0.717, 1.165) is 18.5 Å². The standard InChI is InChI=1S/C21H21ClN6O2S/c1-3-4-9-17(19(29)27-21-26-13(2)11-31-21)30-20-14-10-25-28(18(14)23-12-24-20)16-8-6-5-7-15(16)22/h5-8,10-12,17H,3-4,9H2,1-2H3,(H,26,27,29)/t17-/m1/s1. The van der Waals surface area contributed by atoms with Crippen LogP contribution in [0.4, 0.5) is 5.13 Å². The van der Waals surface area contributed by atoms with E-state index in [1.165, 1.54) is 17.7 Å². The third kappa shape index (κ3) is 4.67. The van der Waals surface area contributed by atoms with E-state index in [4.69, 9.17) is 16.3 Å². The van der Waals surface area contributed by atoms with E-state index >= 15 is 0 Å². The average molecular weight is 457 g/mol. The number of carbonyl (C=O) groups excluding carboxylic acids is 1. The number of halogens is 1. The molecule has 0 aliphatic rings. The zero-order valence-corrected chi connectivity index (χ0v) is 18.7. The van der Waals surface area contributed by atoms with Gasteiger partial charge >= 0.3 is 0 Å². The van der Waals surface area contributed by atoms with E-state index < -0.39 is 6.10 Å². The molecule has 10 heteroatoms. The molecule has 1 amide bonds. The molecule has 1 atom stereocenters.